The molecule has 0 saturated heterocycles. The number of hydrogen-bond acceptors (Lipinski definition) is 2. The Morgan fingerprint density at radius 1 is 1.75 bits per heavy atom. The average molecular weight is 149 g/mol. The van der Waals surface area contributed by atoms with Crippen LogP contribution in [0.3, 0.4) is 0 Å². The minimum atomic E-state index is 0.601. The molecule has 0 saturated carbocycles. The third-order valence-electron chi connectivity index (χ3n) is 0.559. The monoisotopic (exact) mass is 149 g/mol. The molecule has 0 unspecified atom stereocenters. The van der Waals surface area contributed by atoms with Gasteiger partial charge in [0.15, 0.2) is 0 Å². The Hall–Kier alpha value is 0.240. The summed E-state index contributed by atoms with van der Waals surface area (Å²) in [4.78, 5) is 0.601. The van der Waals surface area contributed by atoms with Crippen molar-refractivity contribution in [3.63, 3.8) is 0 Å². The second-order valence-corrected chi connectivity index (χ2v) is 3.92. The molecule has 3 heteroatoms. The molecule has 0 aliphatic rings. The molecular weight excluding hydrogens is 138 g/mol. The summed E-state index contributed by atoms with van der Waals surface area (Å²) in [5.41, 5.74) is 5.25. The lowest BCUT2D eigenvalue weighted by Crippen LogP contribution is -2.11. The van der Waals surface area contributed by atoms with Crippen LogP contribution in [0.4, 0.5) is 0 Å². The molecule has 0 aliphatic carbocycles. The van der Waals surface area contributed by atoms with Gasteiger partial charge in [0.2, 0.25) is 0 Å². The molecule has 0 fully saturated rings. The number of nitrogens with two attached hydrogens (primary N) is 1. The van der Waals surface area contributed by atoms with E-state index in [-0.39, 0.29) is 0 Å². The van der Waals surface area contributed by atoms with Gasteiger partial charge in [-0.15, -0.1) is 0 Å². The summed E-state index contributed by atoms with van der Waals surface area (Å²) >= 11 is 6.44. The Morgan fingerprint density at radius 3 is 2.38 bits per heavy atom. The summed E-state index contributed by atoms with van der Waals surface area (Å²) in [7, 11) is 0. The molecule has 0 aromatic carbocycles. The summed E-state index contributed by atoms with van der Waals surface area (Å²) in [6, 6.07) is 0. The van der Waals surface area contributed by atoms with Gasteiger partial charge in [0, 0.05) is 5.75 Å². The third-order valence-corrected chi connectivity index (χ3v) is 2.03. The normalized spacial score (nSPS) is 9.88. The Balaban J connectivity index is 3.05. The van der Waals surface area contributed by atoms with E-state index in [1.165, 1.54) is 0 Å². The van der Waals surface area contributed by atoms with Gasteiger partial charge in [-0.3, -0.25) is 0 Å². The Bertz CT molecular complexity index is 80.5. The van der Waals surface area contributed by atoms with Crippen molar-refractivity contribution in [2.45, 2.75) is 19.1 Å². The number of thiocarbonyl (C=S) groups is 1. The zero-order chi connectivity index (χ0) is 6.57. The Morgan fingerprint density at radius 2 is 2.25 bits per heavy atom. The second kappa shape index (κ2) is 4.15. The Kier molecular flexibility index (Phi) is 4.28. The molecule has 0 atom stereocenters. The van der Waals surface area contributed by atoms with Crippen LogP contribution in [0.1, 0.15) is 13.8 Å². The molecule has 1 nitrogen and oxygen atoms in total. The van der Waals surface area contributed by atoms with Crippen LogP contribution in [-0.2, 0) is 0 Å². The summed E-state index contributed by atoms with van der Waals surface area (Å²) in [5.74, 6) is 0.812. The molecule has 8 heavy (non-hydrogen) atoms. The highest BCUT2D eigenvalue weighted by molar-refractivity contribution is 8.01. The fourth-order valence-electron chi connectivity index (χ4n) is 0.249. The fourth-order valence-corrected chi connectivity index (χ4v) is 0.951. The SMILES string of the molecule is CC(C)SCC(N)=S. The fraction of sp³-hybridized carbons (Fsp3) is 0.800. The number of thioether (sulfide) groups is 1. The maximum atomic E-state index is 5.25. The first-order valence-corrected chi connectivity index (χ1v) is 3.98. The van der Waals surface area contributed by atoms with Crippen LogP contribution in [-0.4, -0.2) is 16.0 Å². The van der Waals surface area contributed by atoms with Gasteiger partial charge in [0.1, 0.15) is 0 Å². The van der Waals surface area contributed by atoms with Crippen molar-refractivity contribution in [2.75, 3.05) is 5.75 Å². The van der Waals surface area contributed by atoms with Gasteiger partial charge >= 0.3 is 0 Å². The first-order valence-electron chi connectivity index (χ1n) is 2.53. The van der Waals surface area contributed by atoms with Gasteiger partial charge in [-0.1, -0.05) is 26.1 Å². The standard InChI is InChI=1S/C5H11NS2/c1-4(2)8-3-5(6)7/h4H,3H2,1-2H3,(H2,6,7). The smallest absolute Gasteiger partial charge is 0.0827 e. The zero-order valence-corrected chi connectivity index (χ0v) is 6.81. The quantitative estimate of drug-likeness (QED) is 0.614. The van der Waals surface area contributed by atoms with Crippen LogP contribution < -0.4 is 5.73 Å². The maximum absolute atomic E-state index is 5.25. The van der Waals surface area contributed by atoms with Gasteiger partial charge in [0.05, 0.1) is 4.99 Å². The van der Waals surface area contributed by atoms with E-state index in [9.17, 15) is 0 Å². The van der Waals surface area contributed by atoms with Crippen LogP contribution in [0.2, 0.25) is 0 Å². The topological polar surface area (TPSA) is 26.0 Å². The van der Waals surface area contributed by atoms with E-state index < -0.39 is 0 Å². The van der Waals surface area contributed by atoms with Crippen LogP contribution >= 0.6 is 24.0 Å². The lowest BCUT2D eigenvalue weighted by Gasteiger charge is -2.00. The molecule has 0 bridgehead atoms. The molecule has 0 heterocycles. The van der Waals surface area contributed by atoms with Crippen LogP contribution in [0.15, 0.2) is 0 Å². The van der Waals surface area contributed by atoms with E-state index in [0.717, 1.165) is 5.75 Å². The van der Waals surface area contributed by atoms with Crippen LogP contribution in [0.5, 0.6) is 0 Å². The lowest BCUT2D eigenvalue weighted by atomic mass is 10.6. The molecule has 0 aromatic heterocycles. The average Bonchev–Trinajstić information content (AvgIpc) is 1.61. The molecule has 0 amide bonds. The Labute approximate surface area is 60.0 Å². The van der Waals surface area contributed by atoms with Crippen molar-refractivity contribution in [3.8, 4) is 0 Å². The summed E-state index contributed by atoms with van der Waals surface area (Å²) in [6.45, 7) is 4.26. The number of hydrogen-bond donors (Lipinski definition) is 1. The second-order valence-electron chi connectivity index (χ2n) is 1.83. The molecule has 0 radical (unpaired) electrons. The van der Waals surface area contributed by atoms with E-state index in [1.54, 1.807) is 11.8 Å². The first kappa shape index (κ1) is 8.24. The van der Waals surface area contributed by atoms with E-state index in [1.807, 2.05) is 0 Å². The molecule has 0 rings (SSSR count). The molecular formula is C5H11NS2. The van der Waals surface area contributed by atoms with E-state index >= 15 is 0 Å². The molecule has 0 aromatic rings. The van der Waals surface area contributed by atoms with Crippen molar-refractivity contribution < 1.29 is 0 Å². The van der Waals surface area contributed by atoms with E-state index in [2.05, 4.69) is 26.1 Å². The van der Waals surface area contributed by atoms with Crippen LogP contribution in [0.25, 0.3) is 0 Å². The molecule has 48 valence electrons. The predicted octanol–water partition coefficient (Wildman–Crippen LogP) is 1.41. The highest BCUT2D eigenvalue weighted by atomic mass is 32.2. The van der Waals surface area contributed by atoms with Crippen LogP contribution in [0, 0.1) is 0 Å². The van der Waals surface area contributed by atoms with Gasteiger partial charge < -0.3 is 5.73 Å². The lowest BCUT2D eigenvalue weighted by molar-refractivity contribution is 1.12. The van der Waals surface area contributed by atoms with E-state index in [0.29, 0.717) is 10.2 Å². The molecule has 2 N–H and O–H groups in total. The van der Waals surface area contributed by atoms with Crippen molar-refractivity contribution >= 4 is 29.0 Å². The van der Waals surface area contributed by atoms with Crippen molar-refractivity contribution in [2.24, 2.45) is 5.73 Å². The maximum Gasteiger partial charge on any atom is 0.0827 e. The van der Waals surface area contributed by atoms with Crippen molar-refractivity contribution in [1.82, 2.24) is 0 Å². The largest absolute Gasteiger partial charge is 0.393 e. The summed E-state index contributed by atoms with van der Waals surface area (Å²) < 4.78 is 0. The van der Waals surface area contributed by atoms with Crippen molar-refractivity contribution in [3.05, 3.63) is 0 Å². The van der Waals surface area contributed by atoms with Gasteiger partial charge in [-0.2, -0.15) is 11.8 Å². The third kappa shape index (κ3) is 6.24. The first-order chi connectivity index (χ1) is 3.63. The van der Waals surface area contributed by atoms with Gasteiger partial charge in [0.25, 0.3) is 0 Å². The highest BCUT2D eigenvalue weighted by Gasteiger charge is 1.93. The predicted molar refractivity (Wildman–Crippen MR) is 44.4 cm³/mol. The van der Waals surface area contributed by atoms with E-state index in [4.69, 9.17) is 5.73 Å². The minimum Gasteiger partial charge on any atom is -0.393 e. The van der Waals surface area contributed by atoms with Gasteiger partial charge in [-0.25, -0.2) is 0 Å². The zero-order valence-electron chi connectivity index (χ0n) is 5.18. The summed E-state index contributed by atoms with van der Waals surface area (Å²) in [5, 5.41) is 0.636. The van der Waals surface area contributed by atoms with Gasteiger partial charge in [-0.05, 0) is 5.25 Å². The number of rotatable bonds is 3. The highest BCUT2D eigenvalue weighted by Crippen LogP contribution is 2.07. The molecule has 0 spiro atoms. The summed E-state index contributed by atoms with van der Waals surface area (Å²) in [6.07, 6.45) is 0. The minimum absolute atomic E-state index is 0.601. The molecule has 0 aliphatic heterocycles. The van der Waals surface area contributed by atoms with Crippen molar-refractivity contribution in [1.29, 1.82) is 0 Å².